The molecule has 2 N–H and O–H groups in total. The van der Waals surface area contributed by atoms with Crippen LogP contribution in [0.3, 0.4) is 0 Å². The second-order valence-electron chi connectivity index (χ2n) is 7.42. The van der Waals surface area contributed by atoms with Crippen LogP contribution in [0, 0.1) is 0 Å². The number of thiazole rings is 1. The van der Waals surface area contributed by atoms with Crippen molar-refractivity contribution in [2.24, 2.45) is 0 Å². The lowest BCUT2D eigenvalue weighted by molar-refractivity contribution is 0.0699. The maximum absolute atomic E-state index is 11.5. The van der Waals surface area contributed by atoms with Gasteiger partial charge in [-0.3, -0.25) is 0 Å². The van der Waals surface area contributed by atoms with Crippen LogP contribution in [0.25, 0.3) is 22.6 Å². The molecule has 2 heterocycles. The van der Waals surface area contributed by atoms with E-state index in [2.05, 4.69) is 9.97 Å². The number of nitrogens with zero attached hydrogens (tertiary/aromatic N) is 2. The van der Waals surface area contributed by atoms with Gasteiger partial charge in [-0.05, 0) is 35.9 Å². The molecule has 0 saturated heterocycles. The van der Waals surface area contributed by atoms with E-state index in [4.69, 9.17) is 21.3 Å². The number of hydrogen-bond acceptors (Lipinski definition) is 5. The van der Waals surface area contributed by atoms with Gasteiger partial charge in [0.15, 0.2) is 5.82 Å². The van der Waals surface area contributed by atoms with Crippen molar-refractivity contribution >= 4 is 39.9 Å². The van der Waals surface area contributed by atoms with E-state index in [1.165, 1.54) is 17.4 Å². The molecule has 0 saturated carbocycles. The van der Waals surface area contributed by atoms with Gasteiger partial charge in [-0.1, -0.05) is 48.0 Å². The lowest BCUT2D eigenvalue weighted by Gasteiger charge is -2.11. The molecule has 0 atom stereocenters. The Hall–Kier alpha value is -3.68. The Balaban J connectivity index is 1.39. The summed E-state index contributed by atoms with van der Waals surface area (Å²) >= 11 is 7.75. The molecule has 5 rings (SSSR count). The van der Waals surface area contributed by atoms with Gasteiger partial charge in [0.2, 0.25) is 0 Å². The summed E-state index contributed by atoms with van der Waals surface area (Å²) in [6.45, 7) is 0.462. The number of carboxylic acid groups (broad SMARTS) is 1. The number of para-hydroxylation sites is 1. The number of nitrogens with one attached hydrogen (secondary N) is 1. The van der Waals surface area contributed by atoms with Crippen LogP contribution in [-0.4, -0.2) is 26.0 Å². The van der Waals surface area contributed by atoms with Crippen molar-refractivity contribution in [3.63, 3.8) is 0 Å². The molecular formula is C25H18ClN3O3S. The molecule has 5 aromatic rings. The Morgan fingerprint density at radius 1 is 1.06 bits per heavy atom. The van der Waals surface area contributed by atoms with Gasteiger partial charge >= 0.3 is 5.97 Å². The van der Waals surface area contributed by atoms with Crippen molar-refractivity contribution in [1.29, 1.82) is 0 Å². The van der Waals surface area contributed by atoms with Crippen LogP contribution in [0.15, 0.2) is 72.1 Å². The summed E-state index contributed by atoms with van der Waals surface area (Å²) in [5, 5.41) is 12.8. The number of aromatic amines is 1. The third kappa shape index (κ3) is 4.60. The normalized spacial score (nSPS) is 11.1. The highest BCUT2D eigenvalue weighted by molar-refractivity contribution is 7.10. The third-order valence-corrected chi connectivity index (χ3v) is 6.22. The van der Waals surface area contributed by atoms with E-state index in [0.717, 1.165) is 21.9 Å². The summed E-state index contributed by atoms with van der Waals surface area (Å²) in [7, 11) is 0. The number of ether oxygens (including phenoxy) is 1. The molecule has 33 heavy (non-hydrogen) atoms. The van der Waals surface area contributed by atoms with E-state index in [1.54, 1.807) is 12.1 Å². The van der Waals surface area contributed by atoms with E-state index >= 15 is 0 Å². The van der Waals surface area contributed by atoms with Gasteiger partial charge in [-0.2, -0.15) is 0 Å². The molecule has 164 valence electrons. The average Bonchev–Trinajstić information content (AvgIpc) is 3.46. The topological polar surface area (TPSA) is 88.1 Å². The zero-order valence-corrected chi connectivity index (χ0v) is 18.9. The molecule has 0 bridgehead atoms. The van der Waals surface area contributed by atoms with E-state index < -0.39 is 5.97 Å². The first-order valence-corrected chi connectivity index (χ1v) is 11.4. The fourth-order valence-corrected chi connectivity index (χ4v) is 4.55. The van der Waals surface area contributed by atoms with Crippen LogP contribution in [-0.2, 0) is 13.0 Å². The zero-order valence-electron chi connectivity index (χ0n) is 17.3. The maximum Gasteiger partial charge on any atom is 0.337 e. The van der Waals surface area contributed by atoms with E-state index in [-0.39, 0.29) is 5.56 Å². The molecule has 0 aliphatic rings. The smallest absolute Gasteiger partial charge is 0.337 e. The van der Waals surface area contributed by atoms with E-state index in [0.29, 0.717) is 40.6 Å². The molecule has 6 nitrogen and oxygen atoms in total. The first kappa shape index (κ1) is 21.2. The van der Waals surface area contributed by atoms with Crippen molar-refractivity contribution in [3.8, 4) is 17.3 Å². The molecule has 3 aromatic carbocycles. The van der Waals surface area contributed by atoms with Crippen molar-refractivity contribution in [2.75, 3.05) is 0 Å². The number of fused-ring (bicyclic) bond motifs is 1. The van der Waals surface area contributed by atoms with Crippen LogP contribution >= 0.6 is 22.9 Å². The minimum absolute atomic E-state index is 0.157. The van der Waals surface area contributed by atoms with Crippen LogP contribution in [0.5, 0.6) is 5.75 Å². The number of halogens is 1. The summed E-state index contributed by atoms with van der Waals surface area (Å²) < 4.78 is 6.06. The summed E-state index contributed by atoms with van der Waals surface area (Å²) in [5.41, 5.74) is 3.92. The van der Waals surface area contributed by atoms with Crippen molar-refractivity contribution in [1.82, 2.24) is 15.0 Å². The fraction of sp³-hybridized carbons (Fsp3) is 0.0800. The van der Waals surface area contributed by atoms with Gasteiger partial charge in [-0.25, -0.2) is 14.8 Å². The molecule has 0 fully saturated rings. The highest BCUT2D eigenvalue weighted by Gasteiger charge is 2.16. The van der Waals surface area contributed by atoms with Crippen molar-refractivity contribution in [2.45, 2.75) is 13.0 Å². The Morgan fingerprint density at radius 2 is 1.91 bits per heavy atom. The lowest BCUT2D eigenvalue weighted by atomic mass is 10.1. The Kier molecular flexibility index (Phi) is 5.81. The van der Waals surface area contributed by atoms with Gasteiger partial charge in [0.1, 0.15) is 23.6 Å². The quantitative estimate of drug-likeness (QED) is 0.292. The van der Waals surface area contributed by atoms with Crippen molar-refractivity contribution < 1.29 is 14.6 Å². The Labute approximate surface area is 198 Å². The lowest BCUT2D eigenvalue weighted by Crippen LogP contribution is -1.99. The fourth-order valence-electron chi connectivity index (χ4n) is 3.55. The van der Waals surface area contributed by atoms with Gasteiger partial charge < -0.3 is 14.8 Å². The Morgan fingerprint density at radius 3 is 2.73 bits per heavy atom. The molecular weight excluding hydrogens is 458 g/mol. The second-order valence-corrected chi connectivity index (χ2v) is 8.80. The average molecular weight is 476 g/mol. The van der Waals surface area contributed by atoms with Crippen LogP contribution in [0.2, 0.25) is 5.02 Å². The number of H-pyrrole nitrogens is 1. The number of aromatic nitrogens is 3. The van der Waals surface area contributed by atoms with Gasteiger partial charge in [0, 0.05) is 22.4 Å². The predicted octanol–water partition coefficient (Wildman–Crippen LogP) is 6.21. The maximum atomic E-state index is 11.5. The first-order valence-electron chi connectivity index (χ1n) is 10.2. The number of benzene rings is 3. The van der Waals surface area contributed by atoms with Crippen LogP contribution < -0.4 is 4.74 Å². The summed E-state index contributed by atoms with van der Waals surface area (Å²) in [5.74, 6) is 0.282. The van der Waals surface area contributed by atoms with Crippen LogP contribution in [0.4, 0.5) is 0 Å². The third-order valence-electron chi connectivity index (χ3n) is 5.14. The first-order chi connectivity index (χ1) is 16.1. The molecule has 0 unspecified atom stereocenters. The van der Waals surface area contributed by atoms with E-state index in [9.17, 15) is 9.90 Å². The molecule has 0 radical (unpaired) electrons. The SMILES string of the molecule is O=C(O)c1cccc2[nH]c(-c3csc(Cc4cc(Cl)ccc4OCc4ccccc4)n3)nc12. The number of rotatable bonds is 7. The van der Waals surface area contributed by atoms with Gasteiger partial charge in [0.05, 0.1) is 16.1 Å². The van der Waals surface area contributed by atoms with Crippen molar-refractivity contribution in [3.05, 3.63) is 98.8 Å². The number of carbonyl (C=O) groups is 1. The van der Waals surface area contributed by atoms with Crippen LogP contribution in [0.1, 0.15) is 26.5 Å². The highest BCUT2D eigenvalue weighted by Crippen LogP contribution is 2.29. The molecule has 0 aliphatic heterocycles. The zero-order chi connectivity index (χ0) is 22.8. The number of imidazole rings is 1. The van der Waals surface area contributed by atoms with Gasteiger partial charge in [-0.15, -0.1) is 11.3 Å². The number of hydrogen-bond donors (Lipinski definition) is 2. The number of aromatic carboxylic acids is 1. The molecule has 0 amide bonds. The molecule has 0 spiro atoms. The van der Waals surface area contributed by atoms with E-state index in [1.807, 2.05) is 53.9 Å². The summed E-state index contributed by atoms with van der Waals surface area (Å²) in [6.07, 6.45) is 0.552. The number of carboxylic acids is 1. The molecule has 0 aliphatic carbocycles. The Bertz CT molecular complexity index is 1450. The predicted molar refractivity (Wildman–Crippen MR) is 129 cm³/mol. The summed E-state index contributed by atoms with van der Waals surface area (Å²) in [6, 6.07) is 20.6. The highest BCUT2D eigenvalue weighted by atomic mass is 35.5. The minimum Gasteiger partial charge on any atom is -0.489 e. The monoisotopic (exact) mass is 475 g/mol. The van der Waals surface area contributed by atoms with Gasteiger partial charge in [0.25, 0.3) is 0 Å². The summed E-state index contributed by atoms with van der Waals surface area (Å²) in [4.78, 5) is 23.8. The largest absolute Gasteiger partial charge is 0.489 e. The standard InChI is InChI=1S/C25H18ClN3O3S/c26-17-9-10-21(32-13-15-5-2-1-3-6-15)16(11-17)12-22-27-20(14-33-22)24-28-19-8-4-7-18(25(30)31)23(19)29-24/h1-11,14H,12-13H2,(H,28,29)(H,30,31). The minimum atomic E-state index is -1.01. The molecule has 8 heteroatoms. The molecule has 2 aromatic heterocycles. The second kappa shape index (κ2) is 9.05.